The van der Waals surface area contributed by atoms with Crippen LogP contribution in [0.3, 0.4) is 0 Å². The summed E-state index contributed by atoms with van der Waals surface area (Å²) in [7, 11) is 0. The maximum absolute atomic E-state index is 5.30. The highest BCUT2D eigenvalue weighted by molar-refractivity contribution is 4.80. The molecule has 0 amide bonds. The summed E-state index contributed by atoms with van der Waals surface area (Å²) < 4.78 is 5.30. The van der Waals surface area contributed by atoms with Gasteiger partial charge in [0.1, 0.15) is 6.23 Å². The van der Waals surface area contributed by atoms with Crippen molar-refractivity contribution in [2.75, 3.05) is 6.54 Å². The summed E-state index contributed by atoms with van der Waals surface area (Å²) in [5.74, 6) is 0. The van der Waals surface area contributed by atoms with Crippen LogP contribution in [0.25, 0.3) is 0 Å². The Morgan fingerprint density at radius 2 is 2.20 bits per heavy atom. The Kier molecular flexibility index (Phi) is 3.16. The van der Waals surface area contributed by atoms with E-state index >= 15 is 0 Å². The summed E-state index contributed by atoms with van der Waals surface area (Å²) in [6, 6.07) is 0. The van der Waals surface area contributed by atoms with Gasteiger partial charge in [0.25, 0.3) is 0 Å². The molecule has 2 heteroatoms. The maximum atomic E-state index is 5.30. The van der Waals surface area contributed by atoms with Crippen molar-refractivity contribution >= 4 is 0 Å². The fourth-order valence-corrected chi connectivity index (χ4v) is 1.05. The molecule has 1 rings (SSSR count). The Hall–Kier alpha value is -0.0800. The molecule has 0 spiro atoms. The van der Waals surface area contributed by atoms with Crippen LogP contribution in [0.1, 0.15) is 33.1 Å². The number of ether oxygens (including phenoxy) is 1. The van der Waals surface area contributed by atoms with Gasteiger partial charge in [0, 0.05) is 0 Å². The molecule has 1 aliphatic heterocycles. The molecule has 60 valence electrons. The first-order valence-corrected chi connectivity index (χ1v) is 4.27. The molecular weight excluding hydrogens is 126 g/mol. The van der Waals surface area contributed by atoms with E-state index in [9.17, 15) is 0 Å². The number of unbranched alkanes of at least 4 members (excludes halogenated alkanes) is 1. The van der Waals surface area contributed by atoms with Crippen LogP contribution in [0.15, 0.2) is 0 Å². The van der Waals surface area contributed by atoms with E-state index in [0.29, 0.717) is 12.3 Å². The lowest BCUT2D eigenvalue weighted by molar-refractivity contribution is 0.341. The molecule has 0 unspecified atom stereocenters. The van der Waals surface area contributed by atoms with Crippen LogP contribution in [-0.2, 0) is 4.74 Å². The Labute approximate surface area is 63.0 Å². The number of epoxide rings is 1. The van der Waals surface area contributed by atoms with Gasteiger partial charge in [-0.3, -0.25) is 5.32 Å². The van der Waals surface area contributed by atoms with Gasteiger partial charge in [-0.25, -0.2) is 0 Å². The molecule has 0 saturated carbocycles. The molecule has 2 atom stereocenters. The van der Waals surface area contributed by atoms with Crippen molar-refractivity contribution in [2.24, 2.45) is 0 Å². The lowest BCUT2D eigenvalue weighted by Crippen LogP contribution is -2.20. The van der Waals surface area contributed by atoms with Crippen molar-refractivity contribution in [1.29, 1.82) is 0 Å². The van der Waals surface area contributed by atoms with Gasteiger partial charge in [0.2, 0.25) is 0 Å². The van der Waals surface area contributed by atoms with Gasteiger partial charge < -0.3 is 4.74 Å². The standard InChI is InChI=1S/C8H17NO/c1-3-5-6-9-8-7(4-2)10-8/h7-9H,3-6H2,1-2H3/t7-,8-/m0/s1. The fraction of sp³-hybridized carbons (Fsp3) is 1.00. The Morgan fingerprint density at radius 3 is 2.70 bits per heavy atom. The highest BCUT2D eigenvalue weighted by Crippen LogP contribution is 2.21. The van der Waals surface area contributed by atoms with E-state index in [1.165, 1.54) is 12.8 Å². The van der Waals surface area contributed by atoms with E-state index in [1.807, 2.05) is 0 Å². The van der Waals surface area contributed by atoms with Gasteiger partial charge in [-0.05, 0) is 19.4 Å². The summed E-state index contributed by atoms with van der Waals surface area (Å²) in [5.41, 5.74) is 0. The average molecular weight is 143 g/mol. The zero-order chi connectivity index (χ0) is 7.40. The van der Waals surface area contributed by atoms with Crippen LogP contribution in [0, 0.1) is 0 Å². The third-order valence-corrected chi connectivity index (χ3v) is 1.86. The number of nitrogens with one attached hydrogen (secondary N) is 1. The highest BCUT2D eigenvalue weighted by atomic mass is 16.6. The van der Waals surface area contributed by atoms with Crippen molar-refractivity contribution in [2.45, 2.75) is 45.4 Å². The van der Waals surface area contributed by atoms with Gasteiger partial charge in [-0.1, -0.05) is 20.3 Å². The van der Waals surface area contributed by atoms with Crippen molar-refractivity contribution in [3.63, 3.8) is 0 Å². The van der Waals surface area contributed by atoms with Crippen LogP contribution < -0.4 is 5.32 Å². The zero-order valence-electron chi connectivity index (χ0n) is 6.89. The zero-order valence-corrected chi connectivity index (χ0v) is 6.89. The smallest absolute Gasteiger partial charge is 0.135 e. The second kappa shape index (κ2) is 3.94. The molecule has 0 aliphatic carbocycles. The quantitative estimate of drug-likeness (QED) is 0.466. The molecule has 1 fully saturated rings. The van der Waals surface area contributed by atoms with Crippen LogP contribution in [0.4, 0.5) is 0 Å². The first kappa shape index (κ1) is 8.02. The number of hydrogen-bond donors (Lipinski definition) is 1. The third kappa shape index (κ3) is 2.27. The Balaban J connectivity index is 1.87. The van der Waals surface area contributed by atoms with E-state index in [4.69, 9.17) is 4.74 Å². The molecule has 2 nitrogen and oxygen atoms in total. The second-order valence-electron chi connectivity index (χ2n) is 2.81. The van der Waals surface area contributed by atoms with Gasteiger partial charge in [0.15, 0.2) is 0 Å². The molecule has 0 aromatic carbocycles. The van der Waals surface area contributed by atoms with Crippen LogP contribution >= 0.6 is 0 Å². The lowest BCUT2D eigenvalue weighted by atomic mass is 10.3. The molecule has 1 heterocycles. The van der Waals surface area contributed by atoms with Crippen molar-refractivity contribution in [1.82, 2.24) is 5.32 Å². The first-order valence-electron chi connectivity index (χ1n) is 4.27. The number of hydrogen-bond acceptors (Lipinski definition) is 2. The molecule has 10 heavy (non-hydrogen) atoms. The minimum Gasteiger partial charge on any atom is -0.353 e. The predicted octanol–water partition coefficient (Wildman–Crippen LogP) is 1.51. The monoisotopic (exact) mass is 143 g/mol. The summed E-state index contributed by atoms with van der Waals surface area (Å²) in [5, 5.41) is 3.34. The van der Waals surface area contributed by atoms with E-state index in [-0.39, 0.29) is 0 Å². The van der Waals surface area contributed by atoms with Crippen LogP contribution in [0.2, 0.25) is 0 Å². The first-order chi connectivity index (χ1) is 4.88. The van der Waals surface area contributed by atoms with Crippen LogP contribution in [0.5, 0.6) is 0 Å². The van der Waals surface area contributed by atoms with E-state index in [0.717, 1.165) is 13.0 Å². The van der Waals surface area contributed by atoms with Gasteiger partial charge >= 0.3 is 0 Å². The average Bonchev–Trinajstić information content (AvgIpc) is 2.68. The lowest BCUT2D eigenvalue weighted by Gasteiger charge is -1.96. The van der Waals surface area contributed by atoms with Crippen molar-refractivity contribution in [3.8, 4) is 0 Å². The number of rotatable bonds is 5. The molecule has 1 saturated heterocycles. The minimum atomic E-state index is 0.386. The summed E-state index contributed by atoms with van der Waals surface area (Å²) in [6.45, 7) is 5.47. The van der Waals surface area contributed by atoms with Crippen LogP contribution in [-0.4, -0.2) is 18.9 Å². The molecule has 0 aromatic rings. The van der Waals surface area contributed by atoms with Gasteiger partial charge in [-0.15, -0.1) is 0 Å². The summed E-state index contributed by atoms with van der Waals surface area (Å²) >= 11 is 0. The SMILES string of the molecule is CCCCN[C@H]1O[C@H]1CC. The third-order valence-electron chi connectivity index (χ3n) is 1.86. The largest absolute Gasteiger partial charge is 0.353 e. The Bertz CT molecular complexity index is 95.3. The molecule has 0 aromatic heterocycles. The molecule has 1 N–H and O–H groups in total. The van der Waals surface area contributed by atoms with Crippen molar-refractivity contribution < 1.29 is 4.74 Å². The summed E-state index contributed by atoms with van der Waals surface area (Å²) in [6.07, 6.45) is 4.56. The van der Waals surface area contributed by atoms with E-state index < -0.39 is 0 Å². The normalized spacial score (nSPS) is 30.6. The molecule has 1 aliphatic rings. The second-order valence-corrected chi connectivity index (χ2v) is 2.81. The Morgan fingerprint density at radius 1 is 1.40 bits per heavy atom. The topological polar surface area (TPSA) is 24.6 Å². The van der Waals surface area contributed by atoms with Crippen molar-refractivity contribution in [3.05, 3.63) is 0 Å². The predicted molar refractivity (Wildman–Crippen MR) is 41.9 cm³/mol. The van der Waals surface area contributed by atoms with Gasteiger partial charge in [-0.2, -0.15) is 0 Å². The maximum Gasteiger partial charge on any atom is 0.135 e. The summed E-state index contributed by atoms with van der Waals surface area (Å²) in [4.78, 5) is 0. The molecule has 0 bridgehead atoms. The van der Waals surface area contributed by atoms with E-state index in [1.54, 1.807) is 0 Å². The molecular formula is C8H17NO. The van der Waals surface area contributed by atoms with Gasteiger partial charge in [0.05, 0.1) is 6.10 Å². The highest BCUT2D eigenvalue weighted by Gasteiger charge is 2.35. The minimum absolute atomic E-state index is 0.386. The van der Waals surface area contributed by atoms with E-state index in [2.05, 4.69) is 19.2 Å². The molecule has 0 radical (unpaired) electrons. The fourth-order valence-electron chi connectivity index (χ4n) is 1.05.